The summed E-state index contributed by atoms with van der Waals surface area (Å²) in [6, 6.07) is 21.4. The van der Waals surface area contributed by atoms with Gasteiger partial charge in [-0.2, -0.15) is 0 Å². The molecule has 0 unspecified atom stereocenters. The monoisotopic (exact) mass is 324 g/mol. The van der Waals surface area contributed by atoms with Crippen molar-refractivity contribution in [2.75, 3.05) is 13.1 Å². The van der Waals surface area contributed by atoms with Crippen LogP contribution in [0.3, 0.4) is 0 Å². The Balaban J connectivity index is 1.98. The molecule has 0 bridgehead atoms. The van der Waals surface area contributed by atoms with Gasteiger partial charge in [-0.3, -0.25) is 4.90 Å². The van der Waals surface area contributed by atoms with Crippen molar-refractivity contribution in [2.45, 2.75) is 32.0 Å². The zero-order valence-corrected chi connectivity index (χ0v) is 14.2. The number of rotatable bonds is 3. The second-order valence-electron chi connectivity index (χ2n) is 6.56. The van der Waals surface area contributed by atoms with Gasteiger partial charge in [0.25, 0.3) is 0 Å². The number of carbonyl (C=O) groups is 1. The van der Waals surface area contributed by atoms with E-state index < -0.39 is 6.09 Å². The average molecular weight is 324 g/mol. The fourth-order valence-electron chi connectivity index (χ4n) is 3.81. The fraction of sp³-hybridized carbons (Fsp3) is 0.350. The Labute approximate surface area is 143 Å². The SMILES string of the molecule is C[C@@H]1CN(C(=O)O)C[C@H](C)N1C(c1ccccc1)c1ccccc1. The van der Waals surface area contributed by atoms with Crippen molar-refractivity contribution in [1.29, 1.82) is 0 Å². The van der Waals surface area contributed by atoms with Crippen LogP contribution in [0.1, 0.15) is 31.0 Å². The van der Waals surface area contributed by atoms with Crippen LogP contribution in [-0.2, 0) is 0 Å². The van der Waals surface area contributed by atoms with Crippen LogP contribution in [0.4, 0.5) is 4.79 Å². The predicted molar refractivity (Wildman–Crippen MR) is 95.1 cm³/mol. The molecule has 0 aliphatic carbocycles. The van der Waals surface area contributed by atoms with E-state index >= 15 is 0 Å². The zero-order chi connectivity index (χ0) is 17.1. The number of hydrogen-bond acceptors (Lipinski definition) is 2. The quantitative estimate of drug-likeness (QED) is 0.932. The summed E-state index contributed by atoms with van der Waals surface area (Å²) >= 11 is 0. The summed E-state index contributed by atoms with van der Waals surface area (Å²) in [5, 5.41) is 9.34. The summed E-state index contributed by atoms with van der Waals surface area (Å²) in [6.07, 6.45) is -0.829. The Morgan fingerprint density at radius 3 is 1.71 bits per heavy atom. The summed E-state index contributed by atoms with van der Waals surface area (Å²) in [5.74, 6) is 0. The van der Waals surface area contributed by atoms with Crippen LogP contribution in [0.25, 0.3) is 0 Å². The van der Waals surface area contributed by atoms with E-state index in [9.17, 15) is 9.90 Å². The largest absolute Gasteiger partial charge is 0.465 e. The number of piperazine rings is 1. The van der Waals surface area contributed by atoms with Crippen LogP contribution < -0.4 is 0 Å². The molecule has 126 valence electrons. The van der Waals surface area contributed by atoms with Gasteiger partial charge in [-0.25, -0.2) is 4.79 Å². The van der Waals surface area contributed by atoms with Crippen LogP contribution in [0.15, 0.2) is 60.7 Å². The minimum atomic E-state index is -0.829. The maximum absolute atomic E-state index is 11.4. The summed E-state index contributed by atoms with van der Waals surface area (Å²) in [5.41, 5.74) is 2.48. The van der Waals surface area contributed by atoms with Gasteiger partial charge in [0.15, 0.2) is 0 Å². The van der Waals surface area contributed by atoms with Gasteiger partial charge in [-0.05, 0) is 25.0 Å². The molecule has 1 N–H and O–H groups in total. The smallest absolute Gasteiger partial charge is 0.407 e. The molecule has 1 fully saturated rings. The van der Waals surface area contributed by atoms with Crippen molar-refractivity contribution in [2.24, 2.45) is 0 Å². The highest BCUT2D eigenvalue weighted by Gasteiger charge is 2.37. The topological polar surface area (TPSA) is 43.8 Å². The standard InChI is InChI=1S/C20H24N2O2/c1-15-13-21(20(23)24)14-16(2)22(15)19(17-9-5-3-6-10-17)18-11-7-4-8-12-18/h3-12,15-16,19H,13-14H2,1-2H3,(H,23,24)/t15-,16+. The lowest BCUT2D eigenvalue weighted by molar-refractivity contribution is 0.0207. The third-order valence-electron chi connectivity index (χ3n) is 4.79. The van der Waals surface area contributed by atoms with Crippen molar-refractivity contribution < 1.29 is 9.90 Å². The number of nitrogens with zero attached hydrogens (tertiary/aromatic N) is 2. The summed E-state index contributed by atoms with van der Waals surface area (Å²) < 4.78 is 0. The third kappa shape index (κ3) is 3.29. The van der Waals surface area contributed by atoms with Crippen LogP contribution in [0.5, 0.6) is 0 Å². The first-order valence-electron chi connectivity index (χ1n) is 8.43. The molecule has 4 heteroatoms. The maximum atomic E-state index is 11.4. The zero-order valence-electron chi connectivity index (χ0n) is 14.2. The molecule has 2 aromatic rings. The molecule has 24 heavy (non-hydrogen) atoms. The van der Waals surface area contributed by atoms with E-state index in [1.807, 2.05) is 12.1 Å². The number of carboxylic acid groups (broad SMARTS) is 1. The van der Waals surface area contributed by atoms with Gasteiger partial charge in [0.05, 0.1) is 6.04 Å². The molecule has 3 rings (SSSR count). The lowest BCUT2D eigenvalue weighted by atomic mass is 9.93. The van der Waals surface area contributed by atoms with Crippen molar-refractivity contribution in [3.63, 3.8) is 0 Å². The maximum Gasteiger partial charge on any atom is 0.407 e. The van der Waals surface area contributed by atoms with E-state index in [0.29, 0.717) is 13.1 Å². The molecule has 0 aromatic heterocycles. The van der Waals surface area contributed by atoms with E-state index in [1.54, 1.807) is 0 Å². The average Bonchev–Trinajstić information content (AvgIpc) is 2.59. The first kappa shape index (κ1) is 16.5. The molecule has 4 nitrogen and oxygen atoms in total. The predicted octanol–water partition coefficient (Wildman–Crippen LogP) is 3.85. The summed E-state index contributed by atoms with van der Waals surface area (Å²) in [4.78, 5) is 15.3. The van der Waals surface area contributed by atoms with Crippen molar-refractivity contribution in [3.8, 4) is 0 Å². The highest BCUT2D eigenvalue weighted by Crippen LogP contribution is 2.34. The van der Waals surface area contributed by atoms with Crippen LogP contribution >= 0.6 is 0 Å². The van der Waals surface area contributed by atoms with E-state index in [4.69, 9.17) is 0 Å². The van der Waals surface area contributed by atoms with E-state index in [1.165, 1.54) is 16.0 Å². The number of hydrogen-bond donors (Lipinski definition) is 1. The Hall–Kier alpha value is -2.33. The summed E-state index contributed by atoms with van der Waals surface area (Å²) in [6.45, 7) is 5.31. The molecule has 0 radical (unpaired) electrons. The van der Waals surface area contributed by atoms with E-state index in [0.717, 1.165) is 0 Å². The van der Waals surface area contributed by atoms with Gasteiger partial charge in [-0.1, -0.05) is 60.7 Å². The van der Waals surface area contributed by atoms with Crippen molar-refractivity contribution in [3.05, 3.63) is 71.8 Å². The van der Waals surface area contributed by atoms with Crippen LogP contribution in [-0.4, -0.2) is 46.2 Å². The molecule has 1 amide bonds. The third-order valence-corrected chi connectivity index (χ3v) is 4.79. The minimum absolute atomic E-state index is 0.133. The Bertz CT molecular complexity index is 623. The lowest BCUT2D eigenvalue weighted by Crippen LogP contribution is -2.58. The van der Waals surface area contributed by atoms with Crippen molar-refractivity contribution >= 4 is 6.09 Å². The van der Waals surface area contributed by atoms with Gasteiger partial charge in [0.1, 0.15) is 0 Å². The lowest BCUT2D eigenvalue weighted by Gasteiger charge is -2.47. The van der Waals surface area contributed by atoms with Gasteiger partial charge in [0.2, 0.25) is 0 Å². The highest BCUT2D eigenvalue weighted by molar-refractivity contribution is 5.65. The molecule has 2 atom stereocenters. The van der Waals surface area contributed by atoms with Gasteiger partial charge in [-0.15, -0.1) is 0 Å². The Morgan fingerprint density at radius 1 is 0.917 bits per heavy atom. The first-order valence-corrected chi connectivity index (χ1v) is 8.43. The molecule has 1 aliphatic heterocycles. The van der Waals surface area contributed by atoms with Gasteiger partial charge in [0, 0.05) is 25.2 Å². The first-order chi connectivity index (χ1) is 11.6. The second kappa shape index (κ2) is 7.05. The van der Waals surface area contributed by atoms with Crippen LogP contribution in [0.2, 0.25) is 0 Å². The van der Waals surface area contributed by atoms with Gasteiger partial charge < -0.3 is 10.0 Å². The summed E-state index contributed by atoms with van der Waals surface area (Å²) in [7, 11) is 0. The highest BCUT2D eigenvalue weighted by atomic mass is 16.4. The molecule has 1 saturated heterocycles. The molecule has 1 heterocycles. The molecule has 0 saturated carbocycles. The fourth-order valence-corrected chi connectivity index (χ4v) is 3.81. The van der Waals surface area contributed by atoms with Crippen molar-refractivity contribution in [1.82, 2.24) is 9.80 Å². The van der Waals surface area contributed by atoms with Crippen LogP contribution in [0, 0.1) is 0 Å². The molecule has 2 aromatic carbocycles. The minimum Gasteiger partial charge on any atom is -0.465 e. The number of benzene rings is 2. The number of amides is 1. The molecular weight excluding hydrogens is 300 g/mol. The Morgan fingerprint density at radius 2 is 1.33 bits per heavy atom. The second-order valence-corrected chi connectivity index (χ2v) is 6.56. The van der Waals surface area contributed by atoms with E-state index in [2.05, 4.69) is 67.3 Å². The molecule has 0 spiro atoms. The normalized spacial score (nSPS) is 21.9. The van der Waals surface area contributed by atoms with E-state index in [-0.39, 0.29) is 18.1 Å². The Kier molecular flexibility index (Phi) is 4.86. The molecule has 1 aliphatic rings. The molecular formula is C20H24N2O2. The van der Waals surface area contributed by atoms with Gasteiger partial charge >= 0.3 is 6.09 Å².